The van der Waals surface area contributed by atoms with Crippen molar-refractivity contribution in [2.24, 2.45) is 0 Å². The van der Waals surface area contributed by atoms with Crippen LogP contribution in [0.15, 0.2) is 0 Å². The Morgan fingerprint density at radius 3 is 0.576 bits per heavy atom. The van der Waals surface area contributed by atoms with Gasteiger partial charge in [-0.15, -0.1) is 0 Å². The third-order valence-corrected chi connectivity index (χ3v) is 7.39. The molecule has 0 unspecified atom stereocenters. The lowest BCUT2D eigenvalue weighted by Crippen LogP contribution is -2.61. The third kappa shape index (κ3) is 7.34. The second kappa shape index (κ2) is 11.0. The van der Waals surface area contributed by atoms with Gasteiger partial charge in [0.15, 0.2) is 0 Å². The summed E-state index contributed by atoms with van der Waals surface area (Å²) in [5, 5.41) is 11.4. The highest BCUT2D eigenvalue weighted by atomic mass is 79.9. The van der Waals surface area contributed by atoms with Crippen molar-refractivity contribution in [3.8, 4) is 0 Å². The van der Waals surface area contributed by atoms with Gasteiger partial charge in [-0.05, 0) is 0 Å². The predicted molar refractivity (Wildman–Crippen MR) is 127 cm³/mol. The maximum Gasteiger partial charge on any atom is 0.328 e. The molecule has 33 heavy (non-hydrogen) atoms. The fourth-order valence-corrected chi connectivity index (χ4v) is 2.68. The summed E-state index contributed by atoms with van der Waals surface area (Å²) < 4.78 is -4.56. The van der Waals surface area contributed by atoms with E-state index in [0.29, 0.717) is 0 Å². The Kier molecular flexibility index (Phi) is 9.89. The van der Waals surface area contributed by atoms with Crippen LogP contribution in [0.4, 0.5) is 14.4 Å². The van der Waals surface area contributed by atoms with Crippen molar-refractivity contribution in [1.29, 1.82) is 0 Å². The van der Waals surface area contributed by atoms with Gasteiger partial charge in [0, 0.05) is 0 Å². The predicted octanol–water partition coefficient (Wildman–Crippen LogP) is -0.484. The number of hydrogen-bond donors (Lipinski definition) is 6. The van der Waals surface area contributed by atoms with E-state index >= 15 is 0 Å². The van der Waals surface area contributed by atoms with Gasteiger partial charge in [-0.2, -0.15) is 0 Å². The lowest BCUT2D eigenvalue weighted by atomic mass is 10.3. The summed E-state index contributed by atoms with van der Waals surface area (Å²) in [5.41, 5.74) is 0. The molecule has 3 fully saturated rings. The first-order chi connectivity index (χ1) is 14.8. The number of imide groups is 6. The SMILES string of the molecule is O=C1NC(=O)C(Br)(Br)C(=O)N1.O=C1NC(=O)C(Br)(Br)C(=O)N1.O=C1NC(=O)C(Br)(Br)C(=O)N1. The monoisotopic (exact) mass is 852 g/mol. The number of alkyl halides is 6. The number of hydrogen-bond acceptors (Lipinski definition) is 9. The number of barbiturate groups is 3. The van der Waals surface area contributed by atoms with Crippen LogP contribution in [0.25, 0.3) is 0 Å². The Morgan fingerprint density at radius 2 is 0.455 bits per heavy atom. The number of halogens is 6. The van der Waals surface area contributed by atoms with E-state index in [1.54, 1.807) is 0 Å². The van der Waals surface area contributed by atoms with Crippen molar-refractivity contribution in [2.45, 2.75) is 9.70 Å². The maximum absolute atomic E-state index is 10.9. The molecule has 3 heterocycles. The molecule has 3 aliphatic heterocycles. The van der Waals surface area contributed by atoms with Gasteiger partial charge in [0.1, 0.15) is 0 Å². The third-order valence-electron chi connectivity index (χ3n) is 3.07. The smallest absolute Gasteiger partial charge is 0.275 e. The Balaban J connectivity index is 0.000000247. The zero-order valence-electron chi connectivity index (χ0n) is 14.9. The van der Waals surface area contributed by atoms with Crippen LogP contribution in [0.3, 0.4) is 0 Å². The number of amides is 12. The van der Waals surface area contributed by atoms with E-state index in [1.807, 2.05) is 31.9 Å². The fourth-order valence-electron chi connectivity index (χ4n) is 1.49. The molecular formula is C12H6Br6N6O9. The van der Waals surface area contributed by atoms with Crippen LogP contribution in [0.5, 0.6) is 0 Å². The van der Waals surface area contributed by atoms with E-state index < -0.39 is 63.2 Å². The summed E-state index contributed by atoms with van der Waals surface area (Å²) >= 11 is 16.7. The van der Waals surface area contributed by atoms with E-state index in [1.165, 1.54) is 0 Å². The number of carbonyl (C=O) groups excluding carboxylic acids is 9. The zero-order chi connectivity index (χ0) is 25.9. The average molecular weight is 858 g/mol. The lowest BCUT2D eigenvalue weighted by Gasteiger charge is -2.22. The fraction of sp³-hybridized carbons (Fsp3) is 0.250. The molecule has 0 atom stereocenters. The lowest BCUT2D eigenvalue weighted by molar-refractivity contribution is -0.131. The average Bonchev–Trinajstić information content (AvgIpc) is 2.65. The summed E-state index contributed by atoms with van der Waals surface area (Å²) in [6.07, 6.45) is 0. The molecule has 12 amide bonds. The van der Waals surface area contributed by atoms with Crippen molar-refractivity contribution < 1.29 is 43.2 Å². The van der Waals surface area contributed by atoms with Gasteiger partial charge in [-0.3, -0.25) is 60.7 Å². The molecule has 0 aromatic carbocycles. The Morgan fingerprint density at radius 1 is 0.333 bits per heavy atom. The molecule has 0 aromatic rings. The number of carbonyl (C=O) groups is 9. The topological polar surface area (TPSA) is 226 Å². The normalized spacial score (nSPS) is 22.5. The molecule has 0 spiro atoms. The minimum absolute atomic E-state index is 0.730. The molecule has 3 aliphatic rings. The van der Waals surface area contributed by atoms with Crippen molar-refractivity contribution in [2.75, 3.05) is 0 Å². The van der Waals surface area contributed by atoms with Crippen molar-refractivity contribution >= 4 is 149 Å². The summed E-state index contributed by atoms with van der Waals surface area (Å²) in [6.45, 7) is 0. The van der Waals surface area contributed by atoms with Gasteiger partial charge in [-0.25, -0.2) is 14.4 Å². The second-order valence-corrected chi connectivity index (χ2v) is 15.8. The molecule has 180 valence electrons. The van der Waals surface area contributed by atoms with Gasteiger partial charge in [0.2, 0.25) is 9.70 Å². The van der Waals surface area contributed by atoms with Crippen LogP contribution in [0, 0.1) is 0 Å². The molecule has 0 saturated carbocycles. The summed E-state index contributed by atoms with van der Waals surface area (Å²) in [7, 11) is 0. The molecule has 0 aliphatic carbocycles. The molecule has 6 N–H and O–H groups in total. The Bertz CT molecular complexity index is 807. The first-order valence-corrected chi connectivity index (χ1v) is 12.2. The van der Waals surface area contributed by atoms with E-state index in [9.17, 15) is 43.2 Å². The first kappa shape index (κ1) is 29.7. The van der Waals surface area contributed by atoms with Crippen LogP contribution in [-0.2, 0) is 28.8 Å². The highest BCUT2D eigenvalue weighted by Gasteiger charge is 2.47. The largest absolute Gasteiger partial charge is 0.328 e. The molecule has 15 nitrogen and oxygen atoms in total. The van der Waals surface area contributed by atoms with Crippen LogP contribution in [0.1, 0.15) is 0 Å². The van der Waals surface area contributed by atoms with E-state index in [0.717, 1.165) is 0 Å². The quantitative estimate of drug-likeness (QED) is 0.137. The van der Waals surface area contributed by atoms with Gasteiger partial charge in [0.25, 0.3) is 35.4 Å². The van der Waals surface area contributed by atoms with Crippen molar-refractivity contribution in [1.82, 2.24) is 31.9 Å². The van der Waals surface area contributed by atoms with Crippen LogP contribution in [0.2, 0.25) is 0 Å². The molecule has 0 bridgehead atoms. The zero-order valence-corrected chi connectivity index (χ0v) is 24.5. The van der Waals surface area contributed by atoms with Gasteiger partial charge >= 0.3 is 18.1 Å². The molecule has 21 heteroatoms. The van der Waals surface area contributed by atoms with Crippen molar-refractivity contribution in [3.05, 3.63) is 0 Å². The van der Waals surface area contributed by atoms with Crippen molar-refractivity contribution in [3.63, 3.8) is 0 Å². The summed E-state index contributed by atoms with van der Waals surface area (Å²) in [6, 6.07) is -2.43. The summed E-state index contributed by atoms with van der Waals surface area (Å²) in [5.74, 6) is -4.38. The highest BCUT2D eigenvalue weighted by molar-refractivity contribution is 9.27. The molecule has 0 radical (unpaired) electrons. The van der Waals surface area contributed by atoms with E-state index in [-0.39, 0.29) is 0 Å². The molecule has 0 aromatic heterocycles. The molecule has 3 saturated heterocycles. The maximum atomic E-state index is 10.9. The highest BCUT2D eigenvalue weighted by Crippen LogP contribution is 2.29. The Hall–Kier alpha value is -1.29. The number of urea groups is 3. The van der Waals surface area contributed by atoms with Gasteiger partial charge in [0.05, 0.1) is 0 Å². The summed E-state index contributed by atoms with van der Waals surface area (Å²) in [4.78, 5) is 96.5. The number of rotatable bonds is 0. The van der Waals surface area contributed by atoms with Gasteiger partial charge in [-0.1, -0.05) is 95.6 Å². The van der Waals surface area contributed by atoms with E-state index in [4.69, 9.17) is 0 Å². The van der Waals surface area contributed by atoms with Crippen LogP contribution < -0.4 is 31.9 Å². The Labute approximate surface area is 232 Å². The minimum Gasteiger partial charge on any atom is -0.275 e. The number of nitrogens with one attached hydrogen (secondary N) is 6. The molecular weight excluding hydrogens is 852 g/mol. The minimum atomic E-state index is -1.52. The van der Waals surface area contributed by atoms with Crippen LogP contribution in [-0.4, -0.2) is 63.2 Å². The standard InChI is InChI=1S/3C4H2Br2N2O3/c3*5-4(6)1(9)7-3(11)8-2(4)10/h3*(H2,7,8,9,10,11). The first-order valence-electron chi connectivity index (χ1n) is 7.47. The van der Waals surface area contributed by atoms with E-state index in [2.05, 4.69) is 95.6 Å². The second-order valence-electron chi connectivity index (χ2n) is 5.44. The van der Waals surface area contributed by atoms with Crippen LogP contribution >= 0.6 is 95.6 Å². The molecule has 3 rings (SSSR count). The van der Waals surface area contributed by atoms with Gasteiger partial charge < -0.3 is 0 Å².